The summed E-state index contributed by atoms with van der Waals surface area (Å²) in [6.45, 7) is 1.69. The van der Waals surface area contributed by atoms with Gasteiger partial charge in [-0.2, -0.15) is 0 Å². The summed E-state index contributed by atoms with van der Waals surface area (Å²) < 4.78 is 26.7. The van der Waals surface area contributed by atoms with Gasteiger partial charge in [0.15, 0.2) is 0 Å². The number of aliphatic carboxylic acids is 1. The number of aromatic amines is 1. The maximum atomic E-state index is 13.6. The van der Waals surface area contributed by atoms with E-state index in [1.807, 2.05) is 0 Å². The number of halogens is 2. The molecule has 2 N–H and O–H groups in total. The molecule has 2 aromatic rings. The molecule has 100 valence electrons. The van der Waals surface area contributed by atoms with Crippen molar-refractivity contribution in [1.29, 1.82) is 0 Å². The first-order valence-electron chi connectivity index (χ1n) is 5.69. The van der Waals surface area contributed by atoms with Gasteiger partial charge in [-0.1, -0.05) is 6.92 Å². The first-order chi connectivity index (χ1) is 8.97. The van der Waals surface area contributed by atoms with Gasteiger partial charge < -0.3 is 10.1 Å². The smallest absolute Gasteiger partial charge is 0.304 e. The molecule has 1 unspecified atom stereocenters. The molecule has 6 heteroatoms. The Balaban J connectivity index is 2.30. The second kappa shape index (κ2) is 5.17. The van der Waals surface area contributed by atoms with Gasteiger partial charge in [0.2, 0.25) is 0 Å². The first-order valence-corrected chi connectivity index (χ1v) is 5.69. The van der Waals surface area contributed by atoms with Gasteiger partial charge in [-0.05, 0) is 18.2 Å². The van der Waals surface area contributed by atoms with Crippen molar-refractivity contribution in [2.24, 2.45) is 0 Å². The molecule has 0 aliphatic heterocycles. The summed E-state index contributed by atoms with van der Waals surface area (Å²) in [6, 6.07) is 3.13. The number of hydrogen-bond donors (Lipinski definition) is 2. The van der Waals surface area contributed by atoms with Gasteiger partial charge in [0.05, 0.1) is 18.3 Å². The minimum absolute atomic E-state index is 0.0706. The van der Waals surface area contributed by atoms with Gasteiger partial charge in [-0.15, -0.1) is 0 Å². The second-order valence-electron chi connectivity index (χ2n) is 4.31. The summed E-state index contributed by atoms with van der Waals surface area (Å²) in [5, 5.41) is 8.70. The minimum Gasteiger partial charge on any atom is -0.481 e. The van der Waals surface area contributed by atoms with Crippen molar-refractivity contribution in [3.05, 3.63) is 41.9 Å². The third-order valence-corrected chi connectivity index (χ3v) is 2.76. The third kappa shape index (κ3) is 2.96. The number of hydrogen-bond acceptors (Lipinski definition) is 2. The monoisotopic (exact) mass is 266 g/mol. The molecule has 0 saturated heterocycles. The fraction of sp³-hybridized carbons (Fsp3) is 0.231. The van der Waals surface area contributed by atoms with Gasteiger partial charge in [-0.25, -0.2) is 13.8 Å². The average molecular weight is 266 g/mol. The molecule has 0 radical (unpaired) electrons. The van der Waals surface area contributed by atoms with Crippen molar-refractivity contribution in [2.75, 3.05) is 0 Å². The summed E-state index contributed by atoms with van der Waals surface area (Å²) >= 11 is 0. The van der Waals surface area contributed by atoms with E-state index in [2.05, 4.69) is 9.97 Å². The number of aromatic nitrogens is 2. The molecule has 1 atom stereocenters. The van der Waals surface area contributed by atoms with Crippen molar-refractivity contribution in [3.8, 4) is 11.3 Å². The summed E-state index contributed by atoms with van der Waals surface area (Å²) in [5.41, 5.74) is 0.394. The molecule has 2 rings (SSSR count). The lowest BCUT2D eigenvalue weighted by atomic mass is 10.1. The summed E-state index contributed by atoms with van der Waals surface area (Å²) in [5.74, 6) is -1.96. The highest BCUT2D eigenvalue weighted by molar-refractivity contribution is 5.68. The second-order valence-corrected chi connectivity index (χ2v) is 4.31. The number of rotatable bonds is 4. The molecule has 0 saturated carbocycles. The molecule has 0 aliphatic carbocycles. The Bertz CT molecular complexity index is 610. The predicted molar refractivity (Wildman–Crippen MR) is 64.6 cm³/mol. The number of H-pyrrole nitrogens is 1. The van der Waals surface area contributed by atoms with Crippen LogP contribution in [0.4, 0.5) is 8.78 Å². The van der Waals surface area contributed by atoms with E-state index in [0.29, 0.717) is 11.5 Å². The van der Waals surface area contributed by atoms with Gasteiger partial charge in [0.1, 0.15) is 17.5 Å². The Kier molecular flexibility index (Phi) is 3.59. The van der Waals surface area contributed by atoms with Crippen LogP contribution in [0.25, 0.3) is 11.3 Å². The maximum absolute atomic E-state index is 13.6. The van der Waals surface area contributed by atoms with Gasteiger partial charge >= 0.3 is 5.97 Å². The minimum atomic E-state index is -0.942. The zero-order valence-corrected chi connectivity index (χ0v) is 10.2. The van der Waals surface area contributed by atoms with Crippen molar-refractivity contribution in [3.63, 3.8) is 0 Å². The van der Waals surface area contributed by atoms with E-state index in [4.69, 9.17) is 5.11 Å². The fourth-order valence-corrected chi connectivity index (χ4v) is 1.79. The van der Waals surface area contributed by atoms with E-state index in [1.165, 1.54) is 6.20 Å². The summed E-state index contributed by atoms with van der Waals surface area (Å²) in [6.07, 6.45) is 1.28. The Morgan fingerprint density at radius 1 is 1.47 bits per heavy atom. The van der Waals surface area contributed by atoms with E-state index in [-0.39, 0.29) is 17.9 Å². The number of carboxylic acids is 1. The number of imidazole rings is 1. The Morgan fingerprint density at radius 2 is 2.21 bits per heavy atom. The lowest BCUT2D eigenvalue weighted by Crippen LogP contribution is -2.04. The molecule has 19 heavy (non-hydrogen) atoms. The fourth-order valence-electron chi connectivity index (χ4n) is 1.79. The quantitative estimate of drug-likeness (QED) is 0.894. The van der Waals surface area contributed by atoms with E-state index >= 15 is 0 Å². The molecular formula is C13H12F2N2O2. The van der Waals surface area contributed by atoms with Crippen LogP contribution in [0.3, 0.4) is 0 Å². The van der Waals surface area contributed by atoms with Crippen LogP contribution in [0.15, 0.2) is 24.4 Å². The molecule has 0 bridgehead atoms. The zero-order chi connectivity index (χ0) is 14.0. The SMILES string of the molecule is CC(CC(=O)O)c1ncc(-c2cc(F)ccc2F)[nH]1. The van der Waals surface area contributed by atoms with E-state index in [1.54, 1.807) is 6.92 Å². The van der Waals surface area contributed by atoms with Crippen LogP contribution < -0.4 is 0 Å². The predicted octanol–water partition coefficient (Wildman–Crippen LogP) is 2.93. The Labute approximate surface area is 108 Å². The number of carboxylic acid groups (broad SMARTS) is 1. The maximum Gasteiger partial charge on any atom is 0.304 e. The summed E-state index contributed by atoms with van der Waals surface area (Å²) in [4.78, 5) is 17.4. The number of carbonyl (C=O) groups is 1. The van der Waals surface area contributed by atoms with Crippen molar-refractivity contribution < 1.29 is 18.7 Å². The number of nitrogens with zero attached hydrogens (tertiary/aromatic N) is 1. The molecule has 0 aliphatic rings. The zero-order valence-electron chi connectivity index (χ0n) is 10.2. The highest BCUT2D eigenvalue weighted by Crippen LogP contribution is 2.24. The van der Waals surface area contributed by atoms with E-state index < -0.39 is 17.6 Å². The highest BCUT2D eigenvalue weighted by Gasteiger charge is 2.15. The van der Waals surface area contributed by atoms with Crippen molar-refractivity contribution in [1.82, 2.24) is 9.97 Å². The lowest BCUT2D eigenvalue weighted by Gasteiger charge is -2.04. The van der Waals surface area contributed by atoms with E-state index in [0.717, 1.165) is 18.2 Å². The van der Waals surface area contributed by atoms with E-state index in [9.17, 15) is 13.6 Å². The molecular weight excluding hydrogens is 254 g/mol. The Morgan fingerprint density at radius 3 is 2.89 bits per heavy atom. The van der Waals surface area contributed by atoms with Gasteiger partial charge in [0, 0.05) is 11.5 Å². The molecule has 1 aromatic carbocycles. The van der Waals surface area contributed by atoms with Crippen LogP contribution in [0, 0.1) is 11.6 Å². The topological polar surface area (TPSA) is 66.0 Å². The van der Waals surface area contributed by atoms with Crippen molar-refractivity contribution >= 4 is 5.97 Å². The molecule has 1 aromatic heterocycles. The summed E-state index contributed by atoms with van der Waals surface area (Å²) in [7, 11) is 0. The van der Waals surface area contributed by atoms with Crippen LogP contribution in [-0.4, -0.2) is 21.0 Å². The molecule has 0 amide bonds. The molecule has 0 fully saturated rings. The largest absolute Gasteiger partial charge is 0.481 e. The standard InChI is InChI=1S/C13H12F2N2O2/c1-7(4-12(18)19)13-16-6-11(17-13)9-5-8(14)2-3-10(9)15/h2-3,5-7H,4H2,1H3,(H,16,17)(H,18,19). The average Bonchev–Trinajstić information content (AvgIpc) is 2.80. The van der Waals surface area contributed by atoms with Crippen LogP contribution >= 0.6 is 0 Å². The van der Waals surface area contributed by atoms with Crippen molar-refractivity contribution in [2.45, 2.75) is 19.3 Å². The molecule has 0 spiro atoms. The normalized spacial score (nSPS) is 12.4. The van der Waals surface area contributed by atoms with Crippen LogP contribution in [-0.2, 0) is 4.79 Å². The van der Waals surface area contributed by atoms with Crippen LogP contribution in [0.1, 0.15) is 25.1 Å². The molecule has 4 nitrogen and oxygen atoms in total. The van der Waals surface area contributed by atoms with Crippen LogP contribution in [0.5, 0.6) is 0 Å². The Hall–Kier alpha value is -2.24. The number of nitrogens with one attached hydrogen (secondary N) is 1. The third-order valence-electron chi connectivity index (χ3n) is 2.76. The van der Waals surface area contributed by atoms with Gasteiger partial charge in [-0.3, -0.25) is 4.79 Å². The van der Waals surface area contributed by atoms with Crippen LogP contribution in [0.2, 0.25) is 0 Å². The molecule has 1 heterocycles. The first kappa shape index (κ1) is 13.2. The van der Waals surface area contributed by atoms with Gasteiger partial charge in [0.25, 0.3) is 0 Å². The number of benzene rings is 1. The lowest BCUT2D eigenvalue weighted by molar-refractivity contribution is -0.137. The highest BCUT2D eigenvalue weighted by atomic mass is 19.1.